The third kappa shape index (κ3) is 4.46. The molecular weight excluding hydrogens is 264 g/mol. The number of hydrogen-bond acceptors (Lipinski definition) is 3. The van der Waals surface area contributed by atoms with Crippen molar-refractivity contribution in [1.82, 2.24) is 0 Å². The van der Waals surface area contributed by atoms with E-state index < -0.39 is 0 Å². The molecule has 1 aliphatic rings. The van der Waals surface area contributed by atoms with Crippen molar-refractivity contribution >= 4 is 17.3 Å². The average molecular weight is 290 g/mol. The summed E-state index contributed by atoms with van der Waals surface area (Å²) in [5.74, 6) is 0.588. The van der Waals surface area contributed by atoms with Crippen molar-refractivity contribution in [2.24, 2.45) is 5.92 Å². The van der Waals surface area contributed by atoms with Crippen molar-refractivity contribution in [3.8, 4) is 0 Å². The van der Waals surface area contributed by atoms with Crippen molar-refractivity contribution in [2.45, 2.75) is 52.1 Å². The van der Waals surface area contributed by atoms with Gasteiger partial charge in [-0.25, -0.2) is 0 Å². The van der Waals surface area contributed by atoms with Crippen LogP contribution in [-0.2, 0) is 9.53 Å². The van der Waals surface area contributed by atoms with Gasteiger partial charge < -0.3 is 15.8 Å². The molecule has 1 aromatic rings. The summed E-state index contributed by atoms with van der Waals surface area (Å²) in [6, 6.07) is 5.55. The van der Waals surface area contributed by atoms with E-state index in [2.05, 4.69) is 12.2 Å². The van der Waals surface area contributed by atoms with Gasteiger partial charge >= 0.3 is 0 Å². The Morgan fingerprint density at radius 3 is 2.90 bits per heavy atom. The van der Waals surface area contributed by atoms with Crippen molar-refractivity contribution in [1.29, 1.82) is 0 Å². The number of nitrogens with two attached hydrogens (primary N) is 1. The van der Waals surface area contributed by atoms with Crippen LogP contribution in [0.5, 0.6) is 0 Å². The molecule has 2 unspecified atom stereocenters. The highest BCUT2D eigenvalue weighted by Gasteiger charge is 2.21. The van der Waals surface area contributed by atoms with E-state index in [-0.39, 0.29) is 5.91 Å². The van der Waals surface area contributed by atoms with Crippen LogP contribution in [0.25, 0.3) is 0 Å². The molecule has 4 nitrogen and oxygen atoms in total. The zero-order valence-corrected chi connectivity index (χ0v) is 13.0. The SMILES string of the molecule is Cc1c(N)cccc1NC(=O)CCOC1CCCCC1C. The normalized spacial score (nSPS) is 22.0. The zero-order valence-electron chi connectivity index (χ0n) is 13.0. The Balaban J connectivity index is 1.76. The number of anilines is 2. The highest BCUT2D eigenvalue weighted by Crippen LogP contribution is 2.26. The van der Waals surface area contributed by atoms with Gasteiger partial charge in [0.25, 0.3) is 0 Å². The maximum atomic E-state index is 12.0. The second-order valence-corrected chi connectivity index (χ2v) is 5.99. The molecule has 4 heteroatoms. The molecule has 0 radical (unpaired) electrons. The fourth-order valence-electron chi connectivity index (χ4n) is 2.83. The van der Waals surface area contributed by atoms with E-state index in [0.29, 0.717) is 30.7 Å². The summed E-state index contributed by atoms with van der Waals surface area (Å²) in [6.45, 7) is 4.63. The van der Waals surface area contributed by atoms with Gasteiger partial charge in [0.2, 0.25) is 5.91 Å². The first kappa shape index (κ1) is 15.8. The minimum atomic E-state index is -0.0211. The maximum absolute atomic E-state index is 12.0. The van der Waals surface area contributed by atoms with Crippen molar-refractivity contribution in [3.05, 3.63) is 23.8 Å². The number of nitrogens with one attached hydrogen (secondary N) is 1. The van der Waals surface area contributed by atoms with E-state index in [1.807, 2.05) is 25.1 Å². The van der Waals surface area contributed by atoms with Crippen LogP contribution >= 0.6 is 0 Å². The summed E-state index contributed by atoms with van der Waals surface area (Å²) < 4.78 is 5.87. The number of carbonyl (C=O) groups excluding carboxylic acids is 1. The molecule has 1 aliphatic carbocycles. The molecule has 1 saturated carbocycles. The van der Waals surface area contributed by atoms with Gasteiger partial charge in [0.1, 0.15) is 0 Å². The van der Waals surface area contributed by atoms with Gasteiger partial charge in [-0.15, -0.1) is 0 Å². The quantitative estimate of drug-likeness (QED) is 0.816. The Labute approximate surface area is 127 Å². The van der Waals surface area contributed by atoms with Crippen molar-refractivity contribution in [3.63, 3.8) is 0 Å². The van der Waals surface area contributed by atoms with E-state index in [9.17, 15) is 4.79 Å². The molecule has 0 heterocycles. The van der Waals surface area contributed by atoms with E-state index in [1.165, 1.54) is 19.3 Å². The molecule has 21 heavy (non-hydrogen) atoms. The van der Waals surface area contributed by atoms with Gasteiger partial charge in [0.05, 0.1) is 19.1 Å². The topological polar surface area (TPSA) is 64.3 Å². The van der Waals surface area contributed by atoms with Crippen LogP contribution in [0.3, 0.4) is 0 Å². The van der Waals surface area contributed by atoms with Gasteiger partial charge in [-0.1, -0.05) is 25.8 Å². The Morgan fingerprint density at radius 1 is 1.38 bits per heavy atom. The van der Waals surface area contributed by atoms with E-state index >= 15 is 0 Å². The van der Waals surface area contributed by atoms with Crippen LogP contribution in [0, 0.1) is 12.8 Å². The summed E-state index contributed by atoms with van der Waals surface area (Å²) in [6.07, 6.45) is 5.61. The third-order valence-corrected chi connectivity index (χ3v) is 4.34. The first-order chi connectivity index (χ1) is 10.1. The molecule has 116 valence electrons. The van der Waals surface area contributed by atoms with Crippen molar-refractivity contribution in [2.75, 3.05) is 17.7 Å². The average Bonchev–Trinajstić information content (AvgIpc) is 2.46. The number of carbonyl (C=O) groups is 1. The highest BCUT2D eigenvalue weighted by atomic mass is 16.5. The molecule has 2 rings (SSSR count). The van der Waals surface area contributed by atoms with E-state index in [0.717, 1.165) is 17.7 Å². The van der Waals surface area contributed by atoms with Gasteiger partial charge in [0, 0.05) is 11.4 Å². The lowest BCUT2D eigenvalue weighted by Gasteiger charge is -2.28. The Morgan fingerprint density at radius 2 is 2.14 bits per heavy atom. The van der Waals surface area contributed by atoms with Crippen LogP contribution < -0.4 is 11.1 Å². The number of ether oxygens (including phenoxy) is 1. The standard InChI is InChI=1S/C17H26N2O2/c1-12-6-3-4-9-16(12)21-11-10-17(20)19-15-8-5-7-14(18)13(15)2/h5,7-8,12,16H,3-4,6,9-11,18H2,1-2H3,(H,19,20). The second-order valence-electron chi connectivity index (χ2n) is 5.99. The van der Waals surface area contributed by atoms with Crippen LogP contribution in [0.2, 0.25) is 0 Å². The maximum Gasteiger partial charge on any atom is 0.226 e. The molecular formula is C17H26N2O2. The number of nitrogen functional groups attached to an aromatic ring is 1. The molecule has 1 fully saturated rings. The molecule has 1 amide bonds. The molecule has 0 aromatic heterocycles. The predicted octanol–water partition coefficient (Wildman–Crippen LogP) is 3.50. The van der Waals surface area contributed by atoms with Gasteiger partial charge in [-0.05, 0) is 43.4 Å². The first-order valence-corrected chi connectivity index (χ1v) is 7.84. The Kier molecular flexibility index (Phi) is 5.62. The van der Waals surface area contributed by atoms with Gasteiger partial charge in [-0.2, -0.15) is 0 Å². The minimum Gasteiger partial charge on any atom is -0.398 e. The summed E-state index contributed by atoms with van der Waals surface area (Å²) in [4.78, 5) is 12.0. The largest absolute Gasteiger partial charge is 0.398 e. The third-order valence-electron chi connectivity index (χ3n) is 4.34. The lowest BCUT2D eigenvalue weighted by molar-refractivity contribution is -0.118. The monoisotopic (exact) mass is 290 g/mol. The van der Waals surface area contributed by atoms with Gasteiger partial charge in [-0.3, -0.25) is 4.79 Å². The molecule has 1 aromatic carbocycles. The smallest absolute Gasteiger partial charge is 0.226 e. The zero-order chi connectivity index (χ0) is 15.2. The molecule has 0 saturated heterocycles. The molecule has 2 atom stereocenters. The second kappa shape index (κ2) is 7.46. The van der Waals surface area contributed by atoms with Crippen LogP contribution in [0.4, 0.5) is 11.4 Å². The summed E-state index contributed by atoms with van der Waals surface area (Å²) in [5, 5.41) is 2.90. The van der Waals surface area contributed by atoms with Gasteiger partial charge in [0.15, 0.2) is 0 Å². The summed E-state index contributed by atoms with van der Waals surface area (Å²) in [7, 11) is 0. The number of hydrogen-bond donors (Lipinski definition) is 2. The van der Waals surface area contributed by atoms with Crippen LogP contribution in [-0.4, -0.2) is 18.6 Å². The number of rotatable bonds is 5. The van der Waals surface area contributed by atoms with Crippen LogP contribution in [0.15, 0.2) is 18.2 Å². The fourth-order valence-corrected chi connectivity index (χ4v) is 2.83. The summed E-state index contributed by atoms with van der Waals surface area (Å²) in [5.41, 5.74) is 8.22. The lowest BCUT2D eigenvalue weighted by Crippen LogP contribution is -2.27. The van der Waals surface area contributed by atoms with E-state index in [1.54, 1.807) is 0 Å². The fraction of sp³-hybridized carbons (Fsp3) is 0.588. The van der Waals surface area contributed by atoms with Crippen molar-refractivity contribution < 1.29 is 9.53 Å². The number of amides is 1. The first-order valence-electron chi connectivity index (χ1n) is 7.84. The molecule has 0 bridgehead atoms. The molecule has 3 N–H and O–H groups in total. The molecule has 0 spiro atoms. The van der Waals surface area contributed by atoms with E-state index in [4.69, 9.17) is 10.5 Å². The minimum absolute atomic E-state index is 0.0211. The predicted molar refractivity (Wildman–Crippen MR) is 86.2 cm³/mol. The van der Waals surface area contributed by atoms with Crippen LogP contribution in [0.1, 0.15) is 44.6 Å². The molecule has 0 aliphatic heterocycles. The lowest BCUT2D eigenvalue weighted by atomic mass is 9.88. The highest BCUT2D eigenvalue weighted by molar-refractivity contribution is 5.92. The number of benzene rings is 1. The Hall–Kier alpha value is -1.55. The Bertz CT molecular complexity index is 488. The summed E-state index contributed by atoms with van der Waals surface area (Å²) >= 11 is 0.